The Morgan fingerprint density at radius 1 is 1.10 bits per heavy atom. The molecular weight excluding hydrogens is 424 g/mol. The van der Waals surface area contributed by atoms with Gasteiger partial charge in [0.15, 0.2) is 11.0 Å². The summed E-state index contributed by atoms with van der Waals surface area (Å²) in [7, 11) is 3.61. The number of halogens is 1. The lowest BCUT2D eigenvalue weighted by Crippen LogP contribution is -1.97. The van der Waals surface area contributed by atoms with E-state index in [4.69, 9.17) is 16.3 Å². The average Bonchev–Trinajstić information content (AvgIpc) is 3.11. The molecule has 0 saturated carbocycles. The maximum Gasteiger partial charge on any atom is 0.191 e. The molecule has 29 heavy (non-hydrogen) atoms. The van der Waals surface area contributed by atoms with Gasteiger partial charge in [0.2, 0.25) is 0 Å². The van der Waals surface area contributed by atoms with E-state index in [-0.39, 0.29) is 0 Å². The summed E-state index contributed by atoms with van der Waals surface area (Å²) in [6.45, 7) is 0. The minimum atomic E-state index is 0.523. The van der Waals surface area contributed by atoms with Crippen LogP contribution in [-0.4, -0.2) is 33.1 Å². The van der Waals surface area contributed by atoms with Gasteiger partial charge < -0.3 is 9.30 Å². The minimum absolute atomic E-state index is 0.523. The number of methoxy groups -OCH3 is 1. The predicted octanol–water partition coefficient (Wildman–Crippen LogP) is 5.71. The van der Waals surface area contributed by atoms with Gasteiger partial charge in [0, 0.05) is 28.6 Å². The Morgan fingerprint density at radius 3 is 2.72 bits per heavy atom. The Bertz CT molecular complexity index is 1180. The number of fused-ring (bicyclic) bond motifs is 1. The van der Waals surface area contributed by atoms with Crippen LogP contribution in [0.15, 0.2) is 58.6 Å². The summed E-state index contributed by atoms with van der Waals surface area (Å²) in [6, 6.07) is 16.1. The highest BCUT2D eigenvalue weighted by molar-refractivity contribution is 7.98. The number of benzene rings is 2. The van der Waals surface area contributed by atoms with E-state index >= 15 is 0 Å². The molecule has 8 heteroatoms. The smallest absolute Gasteiger partial charge is 0.191 e. The molecule has 0 atom stereocenters. The first-order valence-electron chi connectivity index (χ1n) is 8.89. The van der Waals surface area contributed by atoms with E-state index in [1.807, 2.05) is 42.1 Å². The van der Waals surface area contributed by atoms with Gasteiger partial charge in [0.25, 0.3) is 0 Å². The van der Waals surface area contributed by atoms with Crippen molar-refractivity contribution in [3.8, 4) is 17.1 Å². The fraction of sp³-hybridized carbons (Fsp3) is 0.190. The molecule has 0 aliphatic carbocycles. The first-order chi connectivity index (χ1) is 14.1. The normalized spacial score (nSPS) is 11.2. The van der Waals surface area contributed by atoms with E-state index in [0.29, 0.717) is 10.9 Å². The Kier molecular flexibility index (Phi) is 5.99. The van der Waals surface area contributed by atoms with Crippen LogP contribution in [0.1, 0.15) is 5.56 Å². The van der Waals surface area contributed by atoms with Crippen molar-refractivity contribution in [2.24, 2.45) is 7.05 Å². The number of nitrogens with zero attached hydrogens (tertiary/aromatic N) is 4. The van der Waals surface area contributed by atoms with Crippen molar-refractivity contribution in [1.82, 2.24) is 19.7 Å². The van der Waals surface area contributed by atoms with E-state index in [1.54, 1.807) is 30.6 Å². The second-order valence-corrected chi connectivity index (χ2v) is 8.53. The standard InChI is InChI=1S/C21H19ClN4OS2/c1-26-20(16-6-4-5-7-18(16)27-2)24-25-21(26)29-12-14-10-13-8-9-15(28-3)11-17(13)23-19(14)22/h4-11H,12H2,1-3H3. The van der Waals surface area contributed by atoms with Gasteiger partial charge in [-0.15, -0.1) is 22.0 Å². The van der Waals surface area contributed by atoms with Gasteiger partial charge in [0.1, 0.15) is 10.9 Å². The third-order valence-corrected chi connectivity index (χ3v) is 6.71. The van der Waals surface area contributed by atoms with E-state index in [1.165, 1.54) is 4.90 Å². The molecule has 148 valence electrons. The van der Waals surface area contributed by atoms with Crippen LogP contribution in [0.25, 0.3) is 22.3 Å². The molecule has 0 fully saturated rings. The zero-order valence-corrected chi connectivity index (χ0v) is 18.6. The molecule has 4 aromatic rings. The number of hydrogen-bond acceptors (Lipinski definition) is 6. The highest BCUT2D eigenvalue weighted by Crippen LogP contribution is 2.32. The lowest BCUT2D eigenvalue weighted by molar-refractivity contribution is 0.416. The quantitative estimate of drug-likeness (QED) is 0.281. The van der Waals surface area contributed by atoms with Crippen LogP contribution >= 0.6 is 35.1 Å². The van der Waals surface area contributed by atoms with Crippen LogP contribution in [0.5, 0.6) is 5.75 Å². The molecule has 2 aromatic carbocycles. The lowest BCUT2D eigenvalue weighted by Gasteiger charge is -2.09. The maximum absolute atomic E-state index is 6.45. The Morgan fingerprint density at radius 2 is 1.93 bits per heavy atom. The van der Waals surface area contributed by atoms with Crippen LogP contribution in [0.2, 0.25) is 5.15 Å². The van der Waals surface area contributed by atoms with Crippen molar-refractivity contribution in [3.05, 3.63) is 59.2 Å². The first-order valence-corrected chi connectivity index (χ1v) is 11.5. The minimum Gasteiger partial charge on any atom is -0.496 e. The second-order valence-electron chi connectivity index (χ2n) is 6.35. The summed E-state index contributed by atoms with van der Waals surface area (Å²) in [4.78, 5) is 5.75. The molecule has 0 N–H and O–H groups in total. The topological polar surface area (TPSA) is 52.8 Å². The Hall–Kier alpha value is -2.22. The number of aromatic nitrogens is 4. The maximum atomic E-state index is 6.45. The molecule has 0 aliphatic rings. The summed E-state index contributed by atoms with van der Waals surface area (Å²) in [6.07, 6.45) is 2.05. The fourth-order valence-corrected chi connectivity index (χ4v) is 4.65. The first kappa shape index (κ1) is 20.1. The lowest BCUT2D eigenvalue weighted by atomic mass is 10.2. The van der Waals surface area contributed by atoms with Crippen molar-refractivity contribution in [1.29, 1.82) is 0 Å². The van der Waals surface area contributed by atoms with Gasteiger partial charge in [-0.3, -0.25) is 0 Å². The molecule has 4 rings (SSSR count). The number of pyridine rings is 1. The van der Waals surface area contributed by atoms with Gasteiger partial charge >= 0.3 is 0 Å². The molecule has 0 bridgehead atoms. The molecule has 0 amide bonds. The van der Waals surface area contributed by atoms with Crippen LogP contribution in [-0.2, 0) is 12.8 Å². The molecule has 0 spiro atoms. The van der Waals surface area contributed by atoms with E-state index in [0.717, 1.165) is 38.8 Å². The van der Waals surface area contributed by atoms with Gasteiger partial charge in [-0.1, -0.05) is 41.6 Å². The van der Waals surface area contributed by atoms with Gasteiger partial charge in [-0.05, 0) is 36.6 Å². The third-order valence-electron chi connectivity index (χ3n) is 4.59. The molecule has 2 aromatic heterocycles. The van der Waals surface area contributed by atoms with Crippen LogP contribution < -0.4 is 4.74 Å². The predicted molar refractivity (Wildman–Crippen MR) is 121 cm³/mol. The average molecular weight is 443 g/mol. The highest BCUT2D eigenvalue weighted by Gasteiger charge is 2.15. The second kappa shape index (κ2) is 8.65. The zero-order chi connectivity index (χ0) is 20.4. The van der Waals surface area contributed by atoms with Gasteiger partial charge in [-0.2, -0.15) is 0 Å². The molecule has 0 radical (unpaired) electrons. The Labute approximate surface area is 182 Å². The Balaban J connectivity index is 1.58. The summed E-state index contributed by atoms with van der Waals surface area (Å²) in [5, 5.41) is 11.1. The molecule has 2 heterocycles. The van der Waals surface area contributed by atoms with E-state index in [2.05, 4.69) is 39.4 Å². The third kappa shape index (κ3) is 4.08. The highest BCUT2D eigenvalue weighted by atomic mass is 35.5. The van der Waals surface area contributed by atoms with Gasteiger partial charge in [-0.25, -0.2) is 4.98 Å². The fourth-order valence-electron chi connectivity index (χ4n) is 3.04. The van der Waals surface area contributed by atoms with Crippen molar-refractivity contribution in [3.63, 3.8) is 0 Å². The van der Waals surface area contributed by atoms with Crippen molar-refractivity contribution in [2.45, 2.75) is 15.8 Å². The van der Waals surface area contributed by atoms with Crippen molar-refractivity contribution in [2.75, 3.05) is 13.4 Å². The molecular formula is C21H19ClN4OS2. The summed E-state index contributed by atoms with van der Waals surface area (Å²) >= 11 is 9.73. The summed E-state index contributed by atoms with van der Waals surface area (Å²) in [5.74, 6) is 2.19. The number of thioether (sulfide) groups is 2. The van der Waals surface area contributed by atoms with Crippen molar-refractivity contribution >= 4 is 46.0 Å². The SMILES string of the molecule is COc1ccccc1-c1nnc(SCc2cc3ccc(SC)cc3nc2Cl)n1C. The molecule has 0 aliphatic heterocycles. The number of rotatable bonds is 6. The monoisotopic (exact) mass is 442 g/mol. The molecule has 0 saturated heterocycles. The summed E-state index contributed by atoms with van der Waals surface area (Å²) in [5.41, 5.74) is 2.79. The van der Waals surface area contributed by atoms with Crippen LogP contribution in [0.3, 0.4) is 0 Å². The van der Waals surface area contributed by atoms with Gasteiger partial charge in [0.05, 0.1) is 18.2 Å². The van der Waals surface area contributed by atoms with Crippen LogP contribution in [0, 0.1) is 0 Å². The van der Waals surface area contributed by atoms with E-state index in [9.17, 15) is 0 Å². The largest absolute Gasteiger partial charge is 0.496 e. The van der Waals surface area contributed by atoms with Crippen LogP contribution in [0.4, 0.5) is 0 Å². The molecule has 5 nitrogen and oxygen atoms in total. The number of hydrogen-bond donors (Lipinski definition) is 0. The number of ether oxygens (including phenoxy) is 1. The summed E-state index contributed by atoms with van der Waals surface area (Å²) < 4.78 is 7.42. The van der Waals surface area contributed by atoms with E-state index < -0.39 is 0 Å². The number of para-hydroxylation sites is 1. The zero-order valence-electron chi connectivity index (χ0n) is 16.2. The van der Waals surface area contributed by atoms with Crippen molar-refractivity contribution < 1.29 is 4.74 Å². The molecule has 0 unspecified atom stereocenters.